The Bertz CT molecular complexity index is 365. The molecule has 1 aromatic carbocycles. The van der Waals surface area contributed by atoms with E-state index in [0.717, 1.165) is 12.1 Å². The Labute approximate surface area is 85.5 Å². The van der Waals surface area contributed by atoms with Gasteiger partial charge in [-0.15, -0.1) is 5.46 Å². The van der Waals surface area contributed by atoms with Crippen LogP contribution in [0.5, 0.6) is 0 Å². The van der Waals surface area contributed by atoms with E-state index in [2.05, 4.69) is 5.32 Å². The monoisotopic (exact) mass is 216 g/mol. The SMILES string of the molecule is CCNC(=O)c1cccc([B-](F)(F)F)c1. The molecular formula is C9H10BF3NO-. The number of hydrogen-bond donors (Lipinski definition) is 1. The minimum Gasteiger partial charge on any atom is -0.445 e. The maximum Gasteiger partial charge on any atom is 0.509 e. The van der Waals surface area contributed by atoms with E-state index in [9.17, 15) is 17.7 Å². The molecule has 0 fully saturated rings. The van der Waals surface area contributed by atoms with Crippen molar-refractivity contribution in [2.45, 2.75) is 6.92 Å². The normalized spacial score (nSPS) is 11.2. The summed E-state index contributed by atoms with van der Waals surface area (Å²) in [5, 5.41) is 2.44. The van der Waals surface area contributed by atoms with E-state index < -0.39 is 18.3 Å². The second-order valence-electron chi connectivity index (χ2n) is 3.06. The highest BCUT2D eigenvalue weighted by atomic mass is 19.4. The molecule has 0 saturated carbocycles. The summed E-state index contributed by atoms with van der Waals surface area (Å²) in [5.41, 5.74) is -0.715. The lowest BCUT2D eigenvalue weighted by Crippen LogP contribution is -2.35. The van der Waals surface area contributed by atoms with Crippen LogP contribution in [-0.2, 0) is 0 Å². The van der Waals surface area contributed by atoms with Crippen molar-refractivity contribution in [3.05, 3.63) is 29.8 Å². The van der Waals surface area contributed by atoms with Crippen molar-refractivity contribution in [2.75, 3.05) is 6.54 Å². The topological polar surface area (TPSA) is 29.1 Å². The summed E-state index contributed by atoms with van der Waals surface area (Å²) in [6.45, 7) is -2.95. The molecule has 0 radical (unpaired) electrons. The van der Waals surface area contributed by atoms with Crippen LogP contribution in [0.15, 0.2) is 24.3 Å². The van der Waals surface area contributed by atoms with E-state index in [1.165, 1.54) is 12.1 Å². The first kappa shape index (κ1) is 11.6. The van der Waals surface area contributed by atoms with Crippen LogP contribution in [0.3, 0.4) is 0 Å². The molecular weight excluding hydrogens is 206 g/mol. The van der Waals surface area contributed by atoms with Crippen LogP contribution in [0.4, 0.5) is 12.9 Å². The summed E-state index contributed by atoms with van der Waals surface area (Å²) in [6, 6.07) is 4.42. The Morgan fingerprint density at radius 1 is 1.40 bits per heavy atom. The highest BCUT2D eigenvalue weighted by Crippen LogP contribution is 2.09. The molecule has 1 amide bonds. The van der Waals surface area contributed by atoms with Crippen LogP contribution in [0.2, 0.25) is 0 Å². The van der Waals surface area contributed by atoms with Gasteiger partial charge in [-0.25, -0.2) is 0 Å². The molecule has 0 atom stereocenters. The average molecular weight is 216 g/mol. The number of amides is 1. The zero-order valence-electron chi connectivity index (χ0n) is 8.14. The third kappa shape index (κ3) is 3.01. The Hall–Kier alpha value is -1.46. The molecule has 0 heterocycles. The molecule has 0 aliphatic rings. The lowest BCUT2D eigenvalue weighted by atomic mass is 9.79. The van der Waals surface area contributed by atoms with Crippen molar-refractivity contribution >= 4 is 18.3 Å². The standard InChI is InChI=1S/C9H10BF3NO/c1-2-14-9(15)7-4-3-5-8(6-7)10(11,12)13/h3-6H,2H2,1H3,(H,14,15)/q-1. The molecule has 6 heteroatoms. The zero-order chi connectivity index (χ0) is 11.5. The van der Waals surface area contributed by atoms with Gasteiger partial charge in [0.25, 0.3) is 5.91 Å². The van der Waals surface area contributed by atoms with Gasteiger partial charge in [0.15, 0.2) is 0 Å². The molecule has 1 rings (SSSR count). The summed E-state index contributed by atoms with van der Waals surface area (Å²) in [5.74, 6) is -0.487. The summed E-state index contributed by atoms with van der Waals surface area (Å²) in [6.07, 6.45) is 0. The van der Waals surface area contributed by atoms with Crippen molar-refractivity contribution < 1.29 is 17.7 Å². The van der Waals surface area contributed by atoms with Crippen LogP contribution in [0, 0.1) is 0 Å². The molecule has 0 spiro atoms. The van der Waals surface area contributed by atoms with Gasteiger partial charge in [-0.1, -0.05) is 18.2 Å². The van der Waals surface area contributed by atoms with Crippen molar-refractivity contribution in [3.8, 4) is 0 Å². The number of carbonyl (C=O) groups excluding carboxylic acids is 1. The predicted octanol–water partition coefficient (Wildman–Crippen LogP) is 1.49. The Morgan fingerprint density at radius 2 is 2.07 bits per heavy atom. The second kappa shape index (κ2) is 4.38. The number of nitrogens with one attached hydrogen (secondary N) is 1. The molecule has 15 heavy (non-hydrogen) atoms. The first-order valence-corrected chi connectivity index (χ1v) is 4.53. The van der Waals surface area contributed by atoms with Crippen LogP contribution in [-0.4, -0.2) is 19.4 Å². The van der Waals surface area contributed by atoms with Gasteiger partial charge in [0.2, 0.25) is 0 Å². The van der Waals surface area contributed by atoms with Gasteiger partial charge in [0.05, 0.1) is 0 Å². The van der Waals surface area contributed by atoms with Gasteiger partial charge in [0.1, 0.15) is 0 Å². The summed E-state index contributed by atoms with van der Waals surface area (Å²) >= 11 is 0. The highest BCUT2D eigenvalue weighted by Gasteiger charge is 2.25. The lowest BCUT2D eigenvalue weighted by Gasteiger charge is -2.15. The number of hydrogen-bond acceptors (Lipinski definition) is 1. The van der Waals surface area contributed by atoms with Gasteiger partial charge < -0.3 is 18.3 Å². The first-order chi connectivity index (χ1) is 6.95. The molecule has 0 saturated heterocycles. The van der Waals surface area contributed by atoms with Gasteiger partial charge in [-0.3, -0.25) is 4.79 Å². The fourth-order valence-electron chi connectivity index (χ4n) is 1.15. The minimum absolute atomic E-state index is 0.0357. The molecule has 0 bridgehead atoms. The van der Waals surface area contributed by atoms with E-state index in [-0.39, 0.29) is 5.56 Å². The zero-order valence-corrected chi connectivity index (χ0v) is 8.14. The predicted molar refractivity (Wildman–Crippen MR) is 53.2 cm³/mol. The van der Waals surface area contributed by atoms with Crippen molar-refractivity contribution in [3.63, 3.8) is 0 Å². The maximum atomic E-state index is 12.3. The molecule has 0 unspecified atom stereocenters. The molecule has 0 aliphatic heterocycles. The van der Waals surface area contributed by atoms with Crippen molar-refractivity contribution in [1.82, 2.24) is 5.32 Å². The Kier molecular flexibility index (Phi) is 3.39. The van der Waals surface area contributed by atoms with E-state index in [4.69, 9.17) is 0 Å². The number of rotatable bonds is 3. The largest absolute Gasteiger partial charge is 0.509 e. The van der Waals surface area contributed by atoms with Gasteiger partial charge in [-0.2, -0.15) is 0 Å². The van der Waals surface area contributed by atoms with Gasteiger partial charge >= 0.3 is 6.98 Å². The third-order valence-corrected chi connectivity index (χ3v) is 1.86. The van der Waals surface area contributed by atoms with E-state index in [1.54, 1.807) is 6.92 Å². The van der Waals surface area contributed by atoms with Crippen molar-refractivity contribution in [1.29, 1.82) is 0 Å². The third-order valence-electron chi connectivity index (χ3n) is 1.86. The van der Waals surface area contributed by atoms with Gasteiger partial charge in [0, 0.05) is 12.1 Å². The van der Waals surface area contributed by atoms with Crippen LogP contribution < -0.4 is 10.8 Å². The first-order valence-electron chi connectivity index (χ1n) is 4.53. The Balaban J connectivity index is 2.98. The summed E-state index contributed by atoms with van der Waals surface area (Å²) in [4.78, 5) is 11.3. The average Bonchev–Trinajstić information content (AvgIpc) is 2.17. The molecule has 1 N–H and O–H groups in total. The van der Waals surface area contributed by atoms with Crippen LogP contribution in [0.1, 0.15) is 17.3 Å². The second-order valence-corrected chi connectivity index (χ2v) is 3.06. The van der Waals surface area contributed by atoms with Crippen LogP contribution >= 0.6 is 0 Å². The van der Waals surface area contributed by atoms with Gasteiger partial charge in [-0.05, 0) is 13.0 Å². The van der Waals surface area contributed by atoms with Crippen molar-refractivity contribution in [2.24, 2.45) is 0 Å². The number of carbonyl (C=O) groups is 1. The summed E-state index contributed by atoms with van der Waals surface area (Å²) < 4.78 is 37.0. The molecule has 2 nitrogen and oxygen atoms in total. The molecule has 0 aromatic heterocycles. The summed E-state index contributed by atoms with van der Waals surface area (Å²) in [7, 11) is 0. The molecule has 82 valence electrons. The highest BCUT2D eigenvalue weighted by molar-refractivity contribution is 6.73. The smallest absolute Gasteiger partial charge is 0.445 e. The fraction of sp³-hybridized carbons (Fsp3) is 0.222. The Morgan fingerprint density at radius 3 is 2.60 bits per heavy atom. The minimum atomic E-state index is -5.04. The quantitative estimate of drug-likeness (QED) is 0.762. The van der Waals surface area contributed by atoms with Crippen LogP contribution in [0.25, 0.3) is 0 Å². The lowest BCUT2D eigenvalue weighted by molar-refractivity contribution is 0.0956. The number of benzene rings is 1. The molecule has 1 aromatic rings. The molecule has 0 aliphatic carbocycles. The maximum absolute atomic E-state index is 12.3. The van der Waals surface area contributed by atoms with E-state index in [0.29, 0.717) is 6.54 Å². The van der Waals surface area contributed by atoms with E-state index >= 15 is 0 Å². The number of halogens is 3. The van der Waals surface area contributed by atoms with E-state index in [1.807, 2.05) is 0 Å². The fourth-order valence-corrected chi connectivity index (χ4v) is 1.15.